The zero-order valence-corrected chi connectivity index (χ0v) is 21.0. The average Bonchev–Trinajstić information content (AvgIpc) is 3.21. The molecule has 2 aromatic carbocycles. The van der Waals surface area contributed by atoms with E-state index >= 15 is 0 Å². The molecule has 2 amide bonds. The third-order valence-electron chi connectivity index (χ3n) is 7.94. The highest BCUT2D eigenvalue weighted by atomic mass is 16.2. The van der Waals surface area contributed by atoms with E-state index in [1.54, 1.807) is 4.90 Å². The molecule has 5 rings (SSSR count). The first-order chi connectivity index (χ1) is 17.0. The Labute approximate surface area is 207 Å². The molecular formula is C29H36N4O2. The van der Waals surface area contributed by atoms with E-state index in [0.29, 0.717) is 12.1 Å². The number of carbonyl (C=O) groups excluding carboxylic acids is 2. The largest absolute Gasteiger partial charge is 0.355 e. The van der Waals surface area contributed by atoms with E-state index in [4.69, 9.17) is 0 Å². The molecule has 2 atom stereocenters. The third-order valence-corrected chi connectivity index (χ3v) is 7.94. The number of amides is 2. The first-order valence-corrected chi connectivity index (χ1v) is 12.9. The number of piperidine rings is 1. The number of fused-ring (bicyclic) bond motifs is 2. The summed E-state index contributed by atoms with van der Waals surface area (Å²) in [4.78, 5) is 31.4. The van der Waals surface area contributed by atoms with E-state index in [9.17, 15) is 9.59 Å². The Morgan fingerprint density at radius 1 is 1.00 bits per heavy atom. The molecule has 1 aromatic heterocycles. The maximum Gasteiger partial charge on any atom is 0.254 e. The highest BCUT2D eigenvalue weighted by Crippen LogP contribution is 2.44. The van der Waals surface area contributed by atoms with Gasteiger partial charge in [0.05, 0.1) is 12.0 Å². The van der Waals surface area contributed by atoms with Crippen LogP contribution < -0.4 is 5.32 Å². The van der Waals surface area contributed by atoms with Gasteiger partial charge < -0.3 is 19.7 Å². The Balaban J connectivity index is 1.41. The van der Waals surface area contributed by atoms with Gasteiger partial charge in [0.15, 0.2) is 0 Å². The molecule has 2 aliphatic heterocycles. The van der Waals surface area contributed by atoms with Crippen molar-refractivity contribution in [1.82, 2.24) is 19.7 Å². The molecule has 0 radical (unpaired) electrons. The van der Waals surface area contributed by atoms with Crippen LogP contribution in [-0.4, -0.2) is 59.4 Å². The zero-order valence-electron chi connectivity index (χ0n) is 21.0. The fourth-order valence-electron chi connectivity index (χ4n) is 5.86. The predicted octanol–water partition coefficient (Wildman–Crippen LogP) is 4.33. The monoisotopic (exact) mass is 472 g/mol. The molecule has 6 heteroatoms. The molecule has 1 N–H and O–H groups in total. The molecule has 0 saturated carbocycles. The Morgan fingerprint density at radius 3 is 2.51 bits per heavy atom. The van der Waals surface area contributed by atoms with Crippen LogP contribution in [0.1, 0.15) is 59.6 Å². The summed E-state index contributed by atoms with van der Waals surface area (Å²) in [5.41, 5.74) is 3.54. The molecule has 0 bridgehead atoms. The van der Waals surface area contributed by atoms with Crippen LogP contribution in [-0.2, 0) is 11.8 Å². The number of hydrogen-bond acceptors (Lipinski definition) is 3. The van der Waals surface area contributed by atoms with Crippen LogP contribution in [0.25, 0.3) is 10.9 Å². The molecule has 0 spiro atoms. The van der Waals surface area contributed by atoms with Crippen molar-refractivity contribution >= 4 is 22.7 Å². The molecule has 1 fully saturated rings. The number of benzene rings is 2. The van der Waals surface area contributed by atoms with Crippen LogP contribution in [0.4, 0.5) is 0 Å². The first kappa shape index (κ1) is 23.6. The van der Waals surface area contributed by atoms with Crippen molar-refractivity contribution in [2.45, 2.75) is 38.1 Å². The summed E-state index contributed by atoms with van der Waals surface area (Å²) in [5, 5.41) is 4.30. The van der Waals surface area contributed by atoms with Crippen LogP contribution in [0.5, 0.6) is 0 Å². The number of likely N-dealkylation sites (tertiary alicyclic amines) is 1. The van der Waals surface area contributed by atoms with Crippen molar-refractivity contribution in [2.24, 2.45) is 13.0 Å². The fourth-order valence-corrected chi connectivity index (χ4v) is 5.86. The van der Waals surface area contributed by atoms with Crippen LogP contribution in [0.15, 0.2) is 54.7 Å². The summed E-state index contributed by atoms with van der Waals surface area (Å²) in [6, 6.07) is 15.4. The predicted molar refractivity (Wildman–Crippen MR) is 139 cm³/mol. The third kappa shape index (κ3) is 4.47. The van der Waals surface area contributed by atoms with Crippen molar-refractivity contribution in [2.75, 3.05) is 33.2 Å². The van der Waals surface area contributed by atoms with Gasteiger partial charge in [-0.3, -0.25) is 9.59 Å². The highest BCUT2D eigenvalue weighted by molar-refractivity contribution is 6.02. The number of aromatic nitrogens is 1. The Bertz CT molecular complexity index is 1220. The number of likely N-dealkylation sites (N-methyl/N-ethyl adjacent to an activating group) is 1. The van der Waals surface area contributed by atoms with Crippen LogP contribution in [0.3, 0.4) is 0 Å². The Kier molecular flexibility index (Phi) is 6.65. The number of nitrogens with one attached hydrogen (secondary N) is 1. The minimum absolute atomic E-state index is 0.0120. The molecule has 1 saturated heterocycles. The summed E-state index contributed by atoms with van der Waals surface area (Å²) >= 11 is 0. The maximum atomic E-state index is 13.8. The summed E-state index contributed by atoms with van der Waals surface area (Å²) in [6.07, 6.45) is 5.53. The molecular weight excluding hydrogens is 436 g/mol. The second kappa shape index (κ2) is 9.86. The van der Waals surface area contributed by atoms with Gasteiger partial charge in [-0.25, -0.2) is 0 Å². The van der Waals surface area contributed by atoms with Gasteiger partial charge in [-0.05, 0) is 62.5 Å². The van der Waals surface area contributed by atoms with Crippen molar-refractivity contribution in [1.29, 1.82) is 0 Å². The molecule has 3 aromatic rings. The number of carbonyl (C=O) groups is 2. The lowest BCUT2D eigenvalue weighted by atomic mass is 9.79. The second-order valence-electron chi connectivity index (χ2n) is 10.3. The number of para-hydroxylation sites is 1. The Hall–Kier alpha value is -3.12. The highest BCUT2D eigenvalue weighted by Gasteiger charge is 2.43. The van der Waals surface area contributed by atoms with E-state index in [1.807, 2.05) is 50.5 Å². The lowest BCUT2D eigenvalue weighted by molar-refractivity contribution is -0.124. The molecule has 184 valence electrons. The summed E-state index contributed by atoms with van der Waals surface area (Å²) in [6.45, 7) is 6.29. The minimum Gasteiger partial charge on any atom is -0.355 e. The zero-order chi connectivity index (χ0) is 24.5. The molecule has 0 aliphatic carbocycles. The maximum absolute atomic E-state index is 13.8. The topological polar surface area (TPSA) is 57.6 Å². The SMILES string of the molecule is CC1CCN(CCCNC(=O)C2c3ccccc3C(=O)N(C)C2c2cn(C)c3ccccc23)CC1. The van der Waals surface area contributed by atoms with Crippen molar-refractivity contribution < 1.29 is 9.59 Å². The number of nitrogens with zero attached hydrogens (tertiary/aromatic N) is 3. The summed E-state index contributed by atoms with van der Waals surface area (Å²) < 4.78 is 2.08. The van der Waals surface area contributed by atoms with E-state index in [0.717, 1.165) is 54.0 Å². The van der Waals surface area contributed by atoms with Crippen LogP contribution in [0.2, 0.25) is 0 Å². The quantitative estimate of drug-likeness (QED) is 0.544. The lowest BCUT2D eigenvalue weighted by Gasteiger charge is -2.39. The van der Waals surface area contributed by atoms with E-state index in [-0.39, 0.29) is 17.9 Å². The van der Waals surface area contributed by atoms with Gasteiger partial charge in [0, 0.05) is 48.9 Å². The van der Waals surface area contributed by atoms with Gasteiger partial charge in [-0.15, -0.1) is 0 Å². The van der Waals surface area contributed by atoms with Crippen molar-refractivity contribution in [3.63, 3.8) is 0 Å². The molecule has 3 heterocycles. The summed E-state index contributed by atoms with van der Waals surface area (Å²) in [5.74, 6) is 0.308. The van der Waals surface area contributed by atoms with Crippen molar-refractivity contribution in [3.8, 4) is 0 Å². The summed E-state index contributed by atoms with van der Waals surface area (Å²) in [7, 11) is 3.84. The van der Waals surface area contributed by atoms with Gasteiger partial charge in [-0.1, -0.05) is 43.3 Å². The average molecular weight is 473 g/mol. The normalized spacial score (nSPS) is 21.3. The number of hydrogen-bond donors (Lipinski definition) is 1. The van der Waals surface area contributed by atoms with Gasteiger partial charge in [0.1, 0.15) is 0 Å². The van der Waals surface area contributed by atoms with E-state index in [2.05, 4.69) is 40.0 Å². The molecule has 6 nitrogen and oxygen atoms in total. The van der Waals surface area contributed by atoms with Crippen LogP contribution in [0, 0.1) is 5.92 Å². The smallest absolute Gasteiger partial charge is 0.254 e. The van der Waals surface area contributed by atoms with Crippen LogP contribution >= 0.6 is 0 Å². The molecule has 35 heavy (non-hydrogen) atoms. The van der Waals surface area contributed by atoms with Gasteiger partial charge >= 0.3 is 0 Å². The molecule has 2 aliphatic rings. The number of rotatable bonds is 6. The minimum atomic E-state index is -0.462. The van der Waals surface area contributed by atoms with Gasteiger partial charge in [-0.2, -0.15) is 0 Å². The second-order valence-corrected chi connectivity index (χ2v) is 10.3. The Morgan fingerprint density at radius 2 is 1.71 bits per heavy atom. The fraction of sp³-hybridized carbons (Fsp3) is 0.448. The lowest BCUT2D eigenvalue weighted by Crippen LogP contribution is -2.46. The first-order valence-electron chi connectivity index (χ1n) is 12.9. The van der Waals surface area contributed by atoms with Gasteiger partial charge in [0.2, 0.25) is 5.91 Å². The van der Waals surface area contributed by atoms with Crippen molar-refractivity contribution in [3.05, 3.63) is 71.4 Å². The molecule has 2 unspecified atom stereocenters. The van der Waals surface area contributed by atoms with Gasteiger partial charge in [0.25, 0.3) is 5.91 Å². The van der Waals surface area contributed by atoms with E-state index in [1.165, 1.54) is 12.8 Å². The number of aryl methyl sites for hydroxylation is 1. The van der Waals surface area contributed by atoms with E-state index < -0.39 is 5.92 Å². The standard InChI is InChI=1S/C29H36N4O2/c1-20-13-17-33(18-14-20)16-8-15-30-28(34)26-22-10-4-5-11-23(22)29(35)32(3)27(26)24-19-31(2)25-12-7-6-9-21(24)25/h4-7,9-12,19-20,26-27H,8,13-18H2,1-3H3,(H,30,34).